The van der Waals surface area contributed by atoms with Crippen LogP contribution in [0.15, 0.2) is 27.6 Å². The summed E-state index contributed by atoms with van der Waals surface area (Å²) in [4.78, 5) is 3.99. The molecule has 0 aliphatic heterocycles. The number of nitrogens with zero attached hydrogens (tertiary/aromatic N) is 2. The average Bonchev–Trinajstić information content (AvgIpc) is 2.75. The molecule has 0 bridgehead atoms. The fraction of sp³-hybridized carbons (Fsp3) is 0.273. The Morgan fingerprint density at radius 1 is 1.45 bits per heavy atom. The van der Waals surface area contributed by atoms with Crippen LogP contribution in [0.3, 0.4) is 0 Å². The predicted octanol–water partition coefficient (Wildman–Crippen LogP) is 2.08. The number of nitrogens with one attached hydrogen (secondary N) is 2. The molecule has 2 rings (SSSR count). The lowest BCUT2D eigenvalue weighted by Gasteiger charge is -2.07. The van der Waals surface area contributed by atoms with Gasteiger partial charge in [-0.05, 0) is 47.5 Å². The quantitative estimate of drug-likeness (QED) is 0.850. The van der Waals surface area contributed by atoms with Crippen LogP contribution in [0.2, 0.25) is 0 Å². The SMILES string of the molecule is CCOc1n[nH]c(NS(=O)(=O)c2ccc(C)cc2Br)n1. The number of hydrogen-bond donors (Lipinski definition) is 2. The minimum absolute atomic E-state index is 0.000856. The molecular weight excluding hydrogens is 348 g/mol. The van der Waals surface area contributed by atoms with Gasteiger partial charge in [0.25, 0.3) is 10.0 Å². The molecule has 0 atom stereocenters. The van der Waals surface area contributed by atoms with Gasteiger partial charge in [-0.15, -0.1) is 5.10 Å². The first-order valence-electron chi connectivity index (χ1n) is 5.76. The van der Waals surface area contributed by atoms with Crippen molar-refractivity contribution < 1.29 is 13.2 Å². The van der Waals surface area contributed by atoms with Gasteiger partial charge in [0.15, 0.2) is 0 Å². The maximum atomic E-state index is 12.2. The smallest absolute Gasteiger partial charge is 0.337 e. The Labute approximate surface area is 124 Å². The Morgan fingerprint density at radius 2 is 2.20 bits per heavy atom. The molecule has 1 heterocycles. The summed E-state index contributed by atoms with van der Waals surface area (Å²) < 4.78 is 32.3. The van der Waals surface area contributed by atoms with Crippen molar-refractivity contribution in [2.75, 3.05) is 11.3 Å². The minimum atomic E-state index is -3.75. The van der Waals surface area contributed by atoms with Gasteiger partial charge in [-0.2, -0.15) is 4.98 Å². The number of sulfonamides is 1. The lowest BCUT2D eigenvalue weighted by molar-refractivity contribution is 0.314. The summed E-state index contributed by atoms with van der Waals surface area (Å²) in [5, 5.41) is 6.18. The molecule has 2 aromatic rings. The number of hydrogen-bond acceptors (Lipinski definition) is 5. The van der Waals surface area contributed by atoms with Crippen molar-refractivity contribution >= 4 is 31.9 Å². The Balaban J connectivity index is 2.26. The van der Waals surface area contributed by atoms with E-state index in [0.717, 1.165) is 5.56 Å². The van der Waals surface area contributed by atoms with E-state index in [-0.39, 0.29) is 16.9 Å². The van der Waals surface area contributed by atoms with Crippen LogP contribution < -0.4 is 9.46 Å². The first-order chi connectivity index (χ1) is 9.42. The zero-order valence-corrected chi connectivity index (χ0v) is 13.2. The second-order valence-electron chi connectivity index (χ2n) is 3.94. The molecule has 9 heteroatoms. The summed E-state index contributed by atoms with van der Waals surface area (Å²) >= 11 is 3.24. The third-order valence-electron chi connectivity index (χ3n) is 2.35. The van der Waals surface area contributed by atoms with Crippen LogP contribution in [-0.4, -0.2) is 30.2 Å². The Morgan fingerprint density at radius 3 is 2.85 bits per heavy atom. The van der Waals surface area contributed by atoms with Crippen molar-refractivity contribution in [3.05, 3.63) is 28.2 Å². The van der Waals surface area contributed by atoms with E-state index in [1.165, 1.54) is 6.07 Å². The lowest BCUT2D eigenvalue weighted by Crippen LogP contribution is -2.14. The van der Waals surface area contributed by atoms with Gasteiger partial charge in [-0.3, -0.25) is 0 Å². The van der Waals surface area contributed by atoms with E-state index in [1.807, 2.05) is 6.92 Å². The lowest BCUT2D eigenvalue weighted by atomic mass is 10.2. The van der Waals surface area contributed by atoms with E-state index in [9.17, 15) is 8.42 Å². The number of benzene rings is 1. The van der Waals surface area contributed by atoms with Crippen molar-refractivity contribution in [1.82, 2.24) is 15.2 Å². The third-order valence-corrected chi connectivity index (χ3v) is 4.66. The van der Waals surface area contributed by atoms with Crippen molar-refractivity contribution in [2.24, 2.45) is 0 Å². The molecule has 0 radical (unpaired) electrons. The molecular formula is C11H13BrN4O3S. The monoisotopic (exact) mass is 360 g/mol. The number of rotatable bonds is 5. The summed E-state index contributed by atoms with van der Waals surface area (Å²) in [6.45, 7) is 4.05. The van der Waals surface area contributed by atoms with Gasteiger partial charge in [0, 0.05) is 4.47 Å². The van der Waals surface area contributed by atoms with E-state index in [1.54, 1.807) is 19.1 Å². The molecule has 0 saturated carbocycles. The molecule has 2 N–H and O–H groups in total. The zero-order valence-electron chi connectivity index (χ0n) is 10.8. The van der Waals surface area contributed by atoms with Gasteiger partial charge in [0.05, 0.1) is 6.61 Å². The maximum Gasteiger partial charge on any atom is 0.337 e. The molecule has 20 heavy (non-hydrogen) atoms. The summed E-state index contributed by atoms with van der Waals surface area (Å²) in [6.07, 6.45) is 0. The van der Waals surface area contributed by atoms with Crippen LogP contribution in [0.5, 0.6) is 6.01 Å². The Kier molecular flexibility index (Phi) is 4.29. The highest BCUT2D eigenvalue weighted by atomic mass is 79.9. The number of H-pyrrole nitrogens is 1. The first-order valence-corrected chi connectivity index (χ1v) is 8.04. The molecule has 0 spiro atoms. The van der Waals surface area contributed by atoms with Gasteiger partial charge >= 0.3 is 6.01 Å². The molecule has 1 aromatic carbocycles. The van der Waals surface area contributed by atoms with E-state index < -0.39 is 10.0 Å². The number of aryl methyl sites for hydroxylation is 1. The molecule has 0 fully saturated rings. The summed E-state index contributed by atoms with van der Waals surface area (Å²) in [5.41, 5.74) is 0.953. The van der Waals surface area contributed by atoms with Crippen LogP contribution in [-0.2, 0) is 10.0 Å². The molecule has 0 aliphatic rings. The van der Waals surface area contributed by atoms with E-state index in [4.69, 9.17) is 4.74 Å². The van der Waals surface area contributed by atoms with Crippen molar-refractivity contribution in [1.29, 1.82) is 0 Å². The number of aromatic amines is 1. The summed E-state index contributed by atoms with van der Waals surface area (Å²) in [6, 6.07) is 5.04. The molecule has 108 valence electrons. The van der Waals surface area contributed by atoms with Crippen LogP contribution >= 0.6 is 15.9 Å². The van der Waals surface area contributed by atoms with Crippen LogP contribution in [0.1, 0.15) is 12.5 Å². The molecule has 7 nitrogen and oxygen atoms in total. The van der Waals surface area contributed by atoms with E-state index in [2.05, 4.69) is 35.8 Å². The number of ether oxygens (including phenoxy) is 1. The van der Waals surface area contributed by atoms with E-state index in [0.29, 0.717) is 11.1 Å². The predicted molar refractivity (Wildman–Crippen MR) is 77.2 cm³/mol. The van der Waals surface area contributed by atoms with Gasteiger partial charge in [-0.1, -0.05) is 6.07 Å². The maximum absolute atomic E-state index is 12.2. The number of anilines is 1. The van der Waals surface area contributed by atoms with Crippen molar-refractivity contribution in [3.63, 3.8) is 0 Å². The van der Waals surface area contributed by atoms with Crippen LogP contribution in [0, 0.1) is 6.92 Å². The molecule has 0 amide bonds. The van der Waals surface area contributed by atoms with Gasteiger partial charge in [0.1, 0.15) is 4.90 Å². The van der Waals surface area contributed by atoms with Crippen molar-refractivity contribution in [3.8, 4) is 6.01 Å². The second kappa shape index (κ2) is 5.80. The Bertz CT molecular complexity index is 714. The number of halogens is 1. The molecule has 0 saturated heterocycles. The molecule has 1 aromatic heterocycles. The minimum Gasteiger partial charge on any atom is -0.463 e. The average molecular weight is 361 g/mol. The fourth-order valence-electron chi connectivity index (χ4n) is 1.49. The molecule has 0 unspecified atom stereocenters. The third kappa shape index (κ3) is 3.28. The largest absolute Gasteiger partial charge is 0.463 e. The normalized spacial score (nSPS) is 11.3. The van der Waals surface area contributed by atoms with Gasteiger partial charge < -0.3 is 4.74 Å². The standard InChI is InChI=1S/C11H13BrN4O3S/c1-3-19-11-13-10(14-15-11)16-20(17,18)9-5-4-7(2)6-8(9)12/h4-6H,3H2,1-2H3,(H2,13,14,15,16). The highest BCUT2D eigenvalue weighted by molar-refractivity contribution is 9.10. The van der Waals surface area contributed by atoms with Crippen LogP contribution in [0.25, 0.3) is 0 Å². The fourth-order valence-corrected chi connectivity index (χ4v) is 3.64. The summed E-state index contributed by atoms with van der Waals surface area (Å²) in [7, 11) is -3.75. The molecule has 0 aliphatic carbocycles. The highest BCUT2D eigenvalue weighted by Gasteiger charge is 2.19. The first kappa shape index (κ1) is 14.8. The van der Waals surface area contributed by atoms with Gasteiger partial charge in [-0.25, -0.2) is 18.2 Å². The number of aromatic nitrogens is 3. The Hall–Kier alpha value is -1.61. The topological polar surface area (TPSA) is 97.0 Å². The van der Waals surface area contributed by atoms with Crippen molar-refractivity contribution in [2.45, 2.75) is 18.7 Å². The van der Waals surface area contributed by atoms with E-state index >= 15 is 0 Å². The highest BCUT2D eigenvalue weighted by Crippen LogP contribution is 2.24. The van der Waals surface area contributed by atoms with Gasteiger partial charge in [0.2, 0.25) is 5.95 Å². The van der Waals surface area contributed by atoms with Crippen LogP contribution in [0.4, 0.5) is 5.95 Å². The second-order valence-corrected chi connectivity index (χ2v) is 6.44. The summed E-state index contributed by atoms with van der Waals surface area (Å²) in [5.74, 6) is 0.000856. The zero-order chi connectivity index (χ0) is 14.8.